The Kier molecular flexibility index (Phi) is 10.4. The summed E-state index contributed by atoms with van der Waals surface area (Å²) in [6, 6.07) is 0. The zero-order valence-electron chi connectivity index (χ0n) is 11.0. The molecule has 0 nitrogen and oxygen atoms in total. The van der Waals surface area contributed by atoms with E-state index in [1.54, 1.807) is 0 Å². The van der Waals surface area contributed by atoms with Crippen LogP contribution in [0.3, 0.4) is 0 Å². The fourth-order valence-corrected chi connectivity index (χ4v) is 4.22. The molecule has 0 saturated heterocycles. The maximum absolute atomic E-state index is 2.39. The summed E-state index contributed by atoms with van der Waals surface area (Å²) in [5, 5.41) is 0. The quantitative estimate of drug-likeness (QED) is 0.348. The summed E-state index contributed by atoms with van der Waals surface area (Å²) in [4.78, 5) is 0. The first-order valence-corrected chi connectivity index (χ1v) is 8.75. The van der Waals surface area contributed by atoms with Gasteiger partial charge in [0, 0.05) is 10.5 Å². The summed E-state index contributed by atoms with van der Waals surface area (Å²) in [6.45, 7) is 9.33. The Morgan fingerprint density at radius 1 is 0.867 bits per heavy atom. The lowest BCUT2D eigenvalue weighted by atomic mass is 10.0. The van der Waals surface area contributed by atoms with Crippen molar-refractivity contribution in [2.75, 3.05) is 5.75 Å². The molecule has 0 saturated carbocycles. The minimum Gasteiger partial charge on any atom is -0.0936 e. The molecule has 0 aromatic carbocycles. The molecule has 0 unspecified atom stereocenters. The van der Waals surface area contributed by atoms with Crippen LogP contribution < -0.4 is 0 Å². The van der Waals surface area contributed by atoms with Gasteiger partial charge in [-0.05, 0) is 26.7 Å². The van der Waals surface area contributed by atoms with Gasteiger partial charge in [0.2, 0.25) is 0 Å². The molecule has 0 aromatic heterocycles. The lowest BCUT2D eigenvalue weighted by Gasteiger charge is -2.22. The molecule has 2 heteroatoms. The van der Waals surface area contributed by atoms with E-state index in [-0.39, 0.29) is 0 Å². The van der Waals surface area contributed by atoms with Gasteiger partial charge in [-0.2, -0.15) is 0 Å². The van der Waals surface area contributed by atoms with Gasteiger partial charge in [-0.15, -0.1) is 0 Å². The van der Waals surface area contributed by atoms with Crippen molar-refractivity contribution < 1.29 is 0 Å². The van der Waals surface area contributed by atoms with Crippen LogP contribution in [0.5, 0.6) is 0 Å². The third-order valence-electron chi connectivity index (χ3n) is 2.50. The normalized spacial score (nSPS) is 12.0. The summed E-state index contributed by atoms with van der Waals surface area (Å²) in [5.74, 6) is 1.33. The highest BCUT2D eigenvalue weighted by atomic mass is 33.1. The van der Waals surface area contributed by atoms with Crippen LogP contribution in [0.4, 0.5) is 0 Å². The Hall–Kier alpha value is 0.700. The average Bonchev–Trinajstić information content (AvgIpc) is 2.17. The molecule has 0 amide bonds. The SMILES string of the molecule is CCCCCSSC(C)(C)CCCCC. The summed E-state index contributed by atoms with van der Waals surface area (Å²) >= 11 is 0. The highest BCUT2D eigenvalue weighted by Crippen LogP contribution is 2.39. The Labute approximate surface area is 105 Å². The fourth-order valence-electron chi connectivity index (χ4n) is 1.45. The Morgan fingerprint density at radius 2 is 1.47 bits per heavy atom. The summed E-state index contributed by atoms with van der Waals surface area (Å²) < 4.78 is 0.478. The third kappa shape index (κ3) is 11.0. The van der Waals surface area contributed by atoms with Crippen LogP contribution in [0.25, 0.3) is 0 Å². The molecule has 0 heterocycles. The van der Waals surface area contributed by atoms with Crippen molar-refractivity contribution in [3.05, 3.63) is 0 Å². The predicted octanol–water partition coefficient (Wildman–Crippen LogP) is 5.92. The van der Waals surface area contributed by atoms with Crippen LogP contribution in [0.2, 0.25) is 0 Å². The number of hydrogen-bond donors (Lipinski definition) is 0. The van der Waals surface area contributed by atoms with Gasteiger partial charge >= 0.3 is 0 Å². The van der Waals surface area contributed by atoms with Crippen molar-refractivity contribution in [3.8, 4) is 0 Å². The Morgan fingerprint density at radius 3 is 2.07 bits per heavy atom. The molecular weight excluding hydrogens is 220 g/mol. The second-order valence-corrected chi connectivity index (χ2v) is 7.95. The van der Waals surface area contributed by atoms with Crippen LogP contribution in [0.15, 0.2) is 0 Å². The minimum atomic E-state index is 0.478. The molecular formula is C13H28S2. The standard InChI is InChI=1S/C13H28S2/c1-5-7-9-11-13(3,4)15-14-12-10-8-6-2/h5-12H2,1-4H3. The molecule has 0 N–H and O–H groups in total. The molecule has 0 aromatic rings. The van der Waals surface area contributed by atoms with Crippen molar-refractivity contribution in [1.82, 2.24) is 0 Å². The topological polar surface area (TPSA) is 0 Å². The molecule has 0 atom stereocenters. The van der Waals surface area contributed by atoms with E-state index in [1.807, 2.05) is 0 Å². The molecule has 92 valence electrons. The summed E-state index contributed by atoms with van der Waals surface area (Å²) in [7, 11) is 4.17. The molecule has 0 radical (unpaired) electrons. The first-order valence-electron chi connectivity index (χ1n) is 6.43. The Bertz CT molecular complexity index is 132. The van der Waals surface area contributed by atoms with Crippen molar-refractivity contribution in [2.45, 2.75) is 77.4 Å². The van der Waals surface area contributed by atoms with Crippen molar-refractivity contribution >= 4 is 21.6 Å². The first-order chi connectivity index (χ1) is 7.12. The monoisotopic (exact) mass is 248 g/mol. The van der Waals surface area contributed by atoms with Gasteiger partial charge in [-0.25, -0.2) is 0 Å². The number of unbranched alkanes of at least 4 members (excludes halogenated alkanes) is 4. The van der Waals surface area contributed by atoms with Crippen LogP contribution in [-0.4, -0.2) is 10.5 Å². The zero-order chi connectivity index (χ0) is 11.6. The van der Waals surface area contributed by atoms with Crippen LogP contribution in [-0.2, 0) is 0 Å². The van der Waals surface area contributed by atoms with Gasteiger partial charge in [0.15, 0.2) is 0 Å². The smallest absolute Gasteiger partial charge is 0.0207 e. The summed E-state index contributed by atoms with van der Waals surface area (Å²) in [6.07, 6.45) is 9.61. The molecule has 0 fully saturated rings. The van der Waals surface area contributed by atoms with Crippen LogP contribution in [0.1, 0.15) is 72.6 Å². The molecule has 0 aliphatic rings. The van der Waals surface area contributed by atoms with Gasteiger partial charge in [0.25, 0.3) is 0 Å². The largest absolute Gasteiger partial charge is 0.0936 e. The molecule has 0 bridgehead atoms. The molecule has 0 aliphatic heterocycles. The fraction of sp³-hybridized carbons (Fsp3) is 1.00. The lowest BCUT2D eigenvalue weighted by Crippen LogP contribution is -2.12. The van der Waals surface area contributed by atoms with E-state index in [9.17, 15) is 0 Å². The minimum absolute atomic E-state index is 0.478. The molecule has 0 aliphatic carbocycles. The van der Waals surface area contributed by atoms with E-state index in [0.717, 1.165) is 0 Å². The molecule has 0 rings (SSSR count). The number of hydrogen-bond acceptors (Lipinski definition) is 2. The van der Waals surface area contributed by atoms with Gasteiger partial charge in [0.1, 0.15) is 0 Å². The van der Waals surface area contributed by atoms with E-state index in [4.69, 9.17) is 0 Å². The molecule has 15 heavy (non-hydrogen) atoms. The third-order valence-corrected chi connectivity index (χ3v) is 5.93. The highest BCUT2D eigenvalue weighted by Gasteiger charge is 2.17. The zero-order valence-corrected chi connectivity index (χ0v) is 12.6. The van der Waals surface area contributed by atoms with Crippen molar-refractivity contribution in [2.24, 2.45) is 0 Å². The maximum atomic E-state index is 2.39. The van der Waals surface area contributed by atoms with Crippen LogP contribution in [0, 0.1) is 0 Å². The summed E-state index contributed by atoms with van der Waals surface area (Å²) in [5.41, 5.74) is 0. The maximum Gasteiger partial charge on any atom is 0.0207 e. The van der Waals surface area contributed by atoms with Crippen LogP contribution >= 0.6 is 21.6 Å². The first kappa shape index (κ1) is 15.7. The Balaban J connectivity index is 3.38. The second kappa shape index (κ2) is 9.89. The van der Waals surface area contributed by atoms with Crippen molar-refractivity contribution in [1.29, 1.82) is 0 Å². The van der Waals surface area contributed by atoms with E-state index in [1.165, 1.54) is 50.7 Å². The van der Waals surface area contributed by atoms with Crippen molar-refractivity contribution in [3.63, 3.8) is 0 Å². The lowest BCUT2D eigenvalue weighted by molar-refractivity contribution is 0.575. The van der Waals surface area contributed by atoms with E-state index in [2.05, 4.69) is 49.3 Å². The number of rotatable bonds is 10. The van der Waals surface area contributed by atoms with E-state index < -0.39 is 0 Å². The van der Waals surface area contributed by atoms with E-state index in [0.29, 0.717) is 4.75 Å². The molecule has 0 spiro atoms. The van der Waals surface area contributed by atoms with Gasteiger partial charge in [-0.1, -0.05) is 67.5 Å². The average molecular weight is 249 g/mol. The predicted molar refractivity (Wildman–Crippen MR) is 77.8 cm³/mol. The van der Waals surface area contributed by atoms with Gasteiger partial charge in [-0.3, -0.25) is 0 Å². The second-order valence-electron chi connectivity index (χ2n) is 4.83. The highest BCUT2D eigenvalue weighted by molar-refractivity contribution is 8.77. The van der Waals surface area contributed by atoms with E-state index >= 15 is 0 Å². The van der Waals surface area contributed by atoms with Gasteiger partial charge in [0.05, 0.1) is 0 Å². The van der Waals surface area contributed by atoms with Gasteiger partial charge < -0.3 is 0 Å².